The molecule has 6 N–H and O–H groups in total. The smallest absolute Gasteiger partial charge is 0.249 e. The van der Waals surface area contributed by atoms with Crippen molar-refractivity contribution < 1.29 is 29.6 Å². The summed E-state index contributed by atoms with van der Waals surface area (Å²) >= 11 is 0. The van der Waals surface area contributed by atoms with Crippen LogP contribution in [0.15, 0.2) is 0 Å². The molecule has 92 valence electrons. The monoisotopic (exact) mass is 234 g/mol. The first-order valence-corrected chi connectivity index (χ1v) is 4.60. The average Bonchev–Trinajstić information content (AvgIpc) is 2.17. The summed E-state index contributed by atoms with van der Waals surface area (Å²) in [5, 5.41) is 30.6. The minimum absolute atomic E-state index is 0.517. The van der Waals surface area contributed by atoms with Crippen molar-refractivity contribution in [2.45, 2.75) is 37.6 Å². The maximum absolute atomic E-state index is 10.8. The van der Waals surface area contributed by atoms with Gasteiger partial charge in [0, 0.05) is 6.92 Å². The average molecular weight is 234 g/mol. The maximum Gasteiger partial charge on any atom is 0.249 e. The van der Waals surface area contributed by atoms with Gasteiger partial charge in [0.05, 0.1) is 0 Å². The first-order valence-electron chi connectivity index (χ1n) is 4.60. The molecular weight excluding hydrogens is 220 g/mol. The highest BCUT2D eigenvalue weighted by molar-refractivity contribution is 5.80. The van der Waals surface area contributed by atoms with Crippen molar-refractivity contribution in [1.82, 2.24) is 5.32 Å². The van der Waals surface area contributed by atoms with E-state index in [9.17, 15) is 24.9 Å². The molecule has 2 amide bonds. The first kappa shape index (κ1) is 12.8. The summed E-state index contributed by atoms with van der Waals surface area (Å²) in [6, 6.07) is -1.21. The van der Waals surface area contributed by atoms with Gasteiger partial charge in [0.25, 0.3) is 0 Å². The van der Waals surface area contributed by atoms with Gasteiger partial charge in [-0.2, -0.15) is 0 Å². The van der Waals surface area contributed by atoms with Crippen LogP contribution in [0.1, 0.15) is 6.92 Å². The molecule has 1 aliphatic heterocycles. The number of primary amides is 1. The molecular formula is C8H14N2O6. The van der Waals surface area contributed by atoms with Crippen LogP contribution in [-0.4, -0.2) is 57.8 Å². The highest BCUT2D eigenvalue weighted by Crippen LogP contribution is 2.19. The molecule has 1 saturated heterocycles. The summed E-state index contributed by atoms with van der Waals surface area (Å²) in [4.78, 5) is 21.6. The second kappa shape index (κ2) is 4.74. The Hall–Kier alpha value is -1.22. The zero-order valence-corrected chi connectivity index (χ0v) is 8.53. The van der Waals surface area contributed by atoms with Crippen LogP contribution in [-0.2, 0) is 14.3 Å². The van der Waals surface area contributed by atoms with E-state index >= 15 is 0 Å². The van der Waals surface area contributed by atoms with Gasteiger partial charge < -0.3 is 31.1 Å². The van der Waals surface area contributed by atoms with Gasteiger partial charge in [-0.1, -0.05) is 0 Å². The second-order valence-corrected chi connectivity index (χ2v) is 3.56. The van der Waals surface area contributed by atoms with Crippen molar-refractivity contribution in [3.63, 3.8) is 0 Å². The van der Waals surface area contributed by atoms with Gasteiger partial charge in [-0.3, -0.25) is 9.59 Å². The van der Waals surface area contributed by atoms with E-state index in [0.717, 1.165) is 0 Å². The van der Waals surface area contributed by atoms with E-state index in [1.807, 2.05) is 0 Å². The molecule has 1 heterocycles. The van der Waals surface area contributed by atoms with Gasteiger partial charge in [0.15, 0.2) is 12.4 Å². The number of aliphatic hydroxyl groups is 3. The third kappa shape index (κ3) is 2.47. The van der Waals surface area contributed by atoms with Gasteiger partial charge >= 0.3 is 0 Å². The van der Waals surface area contributed by atoms with Crippen molar-refractivity contribution in [2.75, 3.05) is 0 Å². The molecule has 1 aliphatic rings. The summed E-state index contributed by atoms with van der Waals surface area (Å²) in [7, 11) is 0. The fraction of sp³-hybridized carbons (Fsp3) is 0.750. The molecule has 0 aliphatic carbocycles. The van der Waals surface area contributed by atoms with Crippen molar-refractivity contribution in [3.05, 3.63) is 0 Å². The predicted molar refractivity (Wildman–Crippen MR) is 49.7 cm³/mol. The highest BCUT2D eigenvalue weighted by Gasteiger charge is 2.46. The molecule has 16 heavy (non-hydrogen) atoms. The lowest BCUT2D eigenvalue weighted by Gasteiger charge is -2.39. The van der Waals surface area contributed by atoms with Crippen molar-refractivity contribution in [2.24, 2.45) is 5.73 Å². The SMILES string of the molecule is CC(=O)NC1[C@H](O)OC(C(N)=O)[C@H](O)[C@@H]1O. The number of nitrogens with one attached hydrogen (secondary N) is 1. The first-order chi connectivity index (χ1) is 7.34. The van der Waals surface area contributed by atoms with E-state index in [4.69, 9.17) is 10.5 Å². The normalized spacial score (nSPS) is 39.1. The zero-order valence-electron chi connectivity index (χ0n) is 8.53. The molecule has 5 atom stereocenters. The summed E-state index contributed by atoms with van der Waals surface area (Å²) in [6.45, 7) is 1.17. The Morgan fingerprint density at radius 2 is 1.81 bits per heavy atom. The maximum atomic E-state index is 10.8. The molecule has 1 rings (SSSR count). The molecule has 0 aromatic rings. The number of amides is 2. The Labute approximate surface area is 91.0 Å². The minimum atomic E-state index is -1.61. The molecule has 8 nitrogen and oxygen atoms in total. The largest absolute Gasteiger partial charge is 0.388 e. The summed E-state index contributed by atoms with van der Waals surface area (Å²) < 4.78 is 4.70. The van der Waals surface area contributed by atoms with Crippen LogP contribution in [0.25, 0.3) is 0 Å². The van der Waals surface area contributed by atoms with Crippen molar-refractivity contribution >= 4 is 11.8 Å². The standard InChI is InChI=1S/C8H14N2O6/c1-2(11)10-3-4(12)5(13)6(7(9)14)16-8(3)15/h3-6,8,12-13,15H,1H3,(H2,9,14)(H,10,11)/t3?,4-,5-,6?,8-/m1/s1. The van der Waals surface area contributed by atoms with Crippen LogP contribution in [0.2, 0.25) is 0 Å². The highest BCUT2D eigenvalue weighted by atomic mass is 16.6. The number of ether oxygens (including phenoxy) is 1. The zero-order chi connectivity index (χ0) is 12.5. The summed E-state index contributed by atoms with van der Waals surface area (Å²) in [5.74, 6) is -1.52. The Morgan fingerprint density at radius 3 is 2.25 bits per heavy atom. The van der Waals surface area contributed by atoms with Gasteiger partial charge in [0.2, 0.25) is 11.8 Å². The Kier molecular flexibility index (Phi) is 3.81. The van der Waals surface area contributed by atoms with E-state index < -0.39 is 42.5 Å². The molecule has 0 aromatic carbocycles. The van der Waals surface area contributed by atoms with Gasteiger partial charge in [0.1, 0.15) is 18.2 Å². The van der Waals surface area contributed by atoms with Crippen molar-refractivity contribution in [1.29, 1.82) is 0 Å². The number of carbonyl (C=O) groups excluding carboxylic acids is 2. The summed E-state index contributed by atoms with van der Waals surface area (Å²) in [5.41, 5.74) is 4.90. The molecule has 1 fully saturated rings. The third-order valence-corrected chi connectivity index (χ3v) is 2.27. The third-order valence-electron chi connectivity index (χ3n) is 2.27. The van der Waals surface area contributed by atoms with Crippen LogP contribution in [0, 0.1) is 0 Å². The molecule has 2 unspecified atom stereocenters. The van der Waals surface area contributed by atoms with Gasteiger partial charge in [-0.25, -0.2) is 0 Å². The topological polar surface area (TPSA) is 142 Å². The molecule has 0 aromatic heterocycles. The molecule has 0 bridgehead atoms. The van der Waals surface area contributed by atoms with Gasteiger partial charge in [-0.05, 0) is 0 Å². The van der Waals surface area contributed by atoms with E-state index in [2.05, 4.69) is 5.32 Å². The number of hydrogen-bond acceptors (Lipinski definition) is 6. The van der Waals surface area contributed by atoms with E-state index in [0.29, 0.717) is 0 Å². The molecule has 8 heteroatoms. The van der Waals surface area contributed by atoms with Crippen molar-refractivity contribution in [3.8, 4) is 0 Å². The van der Waals surface area contributed by atoms with Crippen LogP contribution < -0.4 is 11.1 Å². The number of nitrogens with two attached hydrogens (primary N) is 1. The number of rotatable bonds is 2. The van der Waals surface area contributed by atoms with E-state index in [1.165, 1.54) is 6.92 Å². The molecule has 0 spiro atoms. The quantitative estimate of drug-likeness (QED) is 0.334. The Morgan fingerprint density at radius 1 is 1.25 bits per heavy atom. The predicted octanol–water partition coefficient (Wildman–Crippen LogP) is -3.58. The Bertz CT molecular complexity index is 296. The van der Waals surface area contributed by atoms with Crippen LogP contribution in [0.4, 0.5) is 0 Å². The minimum Gasteiger partial charge on any atom is -0.388 e. The molecule has 0 saturated carbocycles. The second-order valence-electron chi connectivity index (χ2n) is 3.56. The van der Waals surface area contributed by atoms with Gasteiger partial charge in [-0.15, -0.1) is 0 Å². The lowest BCUT2D eigenvalue weighted by atomic mass is 9.96. The summed E-state index contributed by atoms with van der Waals surface area (Å²) in [6.07, 6.45) is -6.25. The number of aliphatic hydroxyl groups excluding tert-OH is 3. The fourth-order valence-electron chi connectivity index (χ4n) is 1.50. The van der Waals surface area contributed by atoms with Crippen LogP contribution >= 0.6 is 0 Å². The fourth-order valence-corrected chi connectivity index (χ4v) is 1.50. The van der Waals surface area contributed by atoms with Crippen LogP contribution in [0.5, 0.6) is 0 Å². The lowest BCUT2D eigenvalue weighted by Crippen LogP contribution is -2.65. The Balaban J connectivity index is 2.79. The lowest BCUT2D eigenvalue weighted by molar-refractivity contribution is -0.242. The van der Waals surface area contributed by atoms with Crippen LogP contribution in [0.3, 0.4) is 0 Å². The number of carbonyl (C=O) groups is 2. The number of hydrogen-bond donors (Lipinski definition) is 5. The van der Waals surface area contributed by atoms with E-state index in [-0.39, 0.29) is 0 Å². The van der Waals surface area contributed by atoms with E-state index in [1.54, 1.807) is 0 Å². The molecule has 0 radical (unpaired) electrons.